The van der Waals surface area contributed by atoms with Gasteiger partial charge in [0, 0.05) is 24.8 Å². The van der Waals surface area contributed by atoms with Gasteiger partial charge in [0.05, 0.1) is 12.2 Å². The van der Waals surface area contributed by atoms with E-state index in [1.165, 1.54) is 6.92 Å². The number of carbonyl (C=O) groups is 1. The highest BCUT2D eigenvalue weighted by atomic mass is 16.6. The Morgan fingerprint density at radius 3 is 2.44 bits per heavy atom. The van der Waals surface area contributed by atoms with Crippen LogP contribution in [0.15, 0.2) is 46.8 Å². The fourth-order valence-corrected chi connectivity index (χ4v) is 2.91. The molecule has 0 amide bonds. The van der Waals surface area contributed by atoms with Crippen molar-refractivity contribution in [3.8, 4) is 0 Å². The van der Waals surface area contributed by atoms with Crippen molar-refractivity contribution in [1.82, 2.24) is 0 Å². The minimum absolute atomic E-state index is 0.0237. The predicted molar refractivity (Wildman–Crippen MR) is 107 cm³/mol. The minimum atomic E-state index is -1.81. The van der Waals surface area contributed by atoms with Gasteiger partial charge in [0.25, 0.3) is 5.79 Å². The van der Waals surface area contributed by atoms with Crippen LogP contribution in [-0.4, -0.2) is 39.1 Å². The number of hydrogen-bond acceptors (Lipinski definition) is 5. The molecule has 152 valence electrons. The molecule has 0 spiro atoms. The molecule has 0 aromatic rings. The second-order valence-electron chi connectivity index (χ2n) is 7.59. The Morgan fingerprint density at radius 2 is 1.93 bits per heavy atom. The molecule has 1 aliphatic rings. The Kier molecular flexibility index (Phi) is 8.66. The first-order valence-corrected chi connectivity index (χ1v) is 9.48. The summed E-state index contributed by atoms with van der Waals surface area (Å²) in [6.07, 6.45) is 8.10. The van der Waals surface area contributed by atoms with Gasteiger partial charge in [-0.25, -0.2) is 0 Å². The highest BCUT2D eigenvalue weighted by molar-refractivity contribution is 6.02. The lowest BCUT2D eigenvalue weighted by Gasteiger charge is -2.18. The molecule has 0 aliphatic carbocycles. The smallest absolute Gasteiger partial charge is 0.269 e. The topological polar surface area (TPSA) is 87.0 Å². The van der Waals surface area contributed by atoms with Crippen LogP contribution in [0.5, 0.6) is 0 Å². The molecule has 0 bridgehead atoms. The van der Waals surface area contributed by atoms with Crippen molar-refractivity contribution in [2.45, 2.75) is 78.8 Å². The number of allylic oxidation sites excluding steroid dienone is 4. The summed E-state index contributed by atoms with van der Waals surface area (Å²) in [6, 6.07) is 0. The fourth-order valence-electron chi connectivity index (χ4n) is 2.91. The van der Waals surface area contributed by atoms with Gasteiger partial charge in [0.15, 0.2) is 0 Å². The number of aliphatic hydroxyl groups is 3. The fraction of sp³-hybridized carbons (Fsp3) is 0.591. The number of Topliss-reactive ketones (excluding diaryl/α,β-unsaturated/α-hetero) is 1. The molecule has 1 rings (SSSR count). The summed E-state index contributed by atoms with van der Waals surface area (Å²) >= 11 is 0. The Morgan fingerprint density at radius 1 is 1.30 bits per heavy atom. The molecule has 5 nitrogen and oxygen atoms in total. The number of aliphatic hydroxyl groups excluding tert-OH is 2. The quantitative estimate of drug-likeness (QED) is 0.422. The summed E-state index contributed by atoms with van der Waals surface area (Å²) in [5.74, 6) is -1.88. The SMILES string of the molecule is C/C=C(\C)[C@H](O)[C@H](C)/C=C/C=C(\C)CC[C@@H](O)CC1=C(C)C(=O)C(C)(O)O1. The van der Waals surface area contributed by atoms with Gasteiger partial charge in [-0.15, -0.1) is 0 Å². The van der Waals surface area contributed by atoms with E-state index in [2.05, 4.69) is 0 Å². The van der Waals surface area contributed by atoms with Crippen molar-refractivity contribution in [2.75, 3.05) is 0 Å². The van der Waals surface area contributed by atoms with E-state index in [-0.39, 0.29) is 12.3 Å². The largest absolute Gasteiger partial charge is 0.459 e. The molecule has 0 aromatic carbocycles. The molecule has 0 fully saturated rings. The molecule has 1 unspecified atom stereocenters. The van der Waals surface area contributed by atoms with Crippen molar-refractivity contribution >= 4 is 5.78 Å². The first-order chi connectivity index (χ1) is 12.5. The van der Waals surface area contributed by atoms with Crippen LogP contribution in [0.2, 0.25) is 0 Å². The first kappa shape index (κ1) is 23.3. The van der Waals surface area contributed by atoms with Gasteiger partial charge in [-0.2, -0.15) is 0 Å². The molecule has 1 aliphatic heterocycles. The predicted octanol–water partition coefficient (Wildman–Crippen LogP) is 3.57. The third-order valence-electron chi connectivity index (χ3n) is 5.01. The van der Waals surface area contributed by atoms with Gasteiger partial charge < -0.3 is 20.1 Å². The Balaban J connectivity index is 2.50. The summed E-state index contributed by atoms with van der Waals surface area (Å²) in [6.45, 7) is 10.7. The maximum atomic E-state index is 11.8. The average Bonchev–Trinajstić information content (AvgIpc) is 2.80. The summed E-state index contributed by atoms with van der Waals surface area (Å²) in [4.78, 5) is 11.8. The first-order valence-electron chi connectivity index (χ1n) is 9.48. The lowest BCUT2D eigenvalue weighted by Crippen LogP contribution is -2.32. The highest BCUT2D eigenvalue weighted by Gasteiger charge is 2.42. The van der Waals surface area contributed by atoms with Crippen molar-refractivity contribution < 1.29 is 24.9 Å². The molecule has 3 N–H and O–H groups in total. The van der Waals surface area contributed by atoms with E-state index >= 15 is 0 Å². The lowest BCUT2D eigenvalue weighted by atomic mass is 9.97. The molecule has 4 atom stereocenters. The Bertz CT molecular complexity index is 652. The maximum Gasteiger partial charge on any atom is 0.269 e. The lowest BCUT2D eigenvalue weighted by molar-refractivity contribution is -0.171. The molecule has 0 radical (unpaired) electrons. The van der Waals surface area contributed by atoms with E-state index in [4.69, 9.17) is 4.74 Å². The van der Waals surface area contributed by atoms with E-state index in [9.17, 15) is 20.1 Å². The van der Waals surface area contributed by atoms with Crippen LogP contribution in [0.3, 0.4) is 0 Å². The van der Waals surface area contributed by atoms with Crippen LogP contribution in [0.4, 0.5) is 0 Å². The maximum absolute atomic E-state index is 11.8. The molecule has 0 saturated carbocycles. The van der Waals surface area contributed by atoms with E-state index in [0.29, 0.717) is 24.2 Å². The molecular weight excluding hydrogens is 344 g/mol. The van der Waals surface area contributed by atoms with Gasteiger partial charge in [-0.3, -0.25) is 4.79 Å². The Hall–Kier alpha value is -1.69. The van der Waals surface area contributed by atoms with Gasteiger partial charge >= 0.3 is 0 Å². The number of ketones is 1. The minimum Gasteiger partial charge on any atom is -0.459 e. The second kappa shape index (κ2) is 10.0. The molecule has 1 heterocycles. The van der Waals surface area contributed by atoms with E-state index in [0.717, 1.165) is 11.1 Å². The van der Waals surface area contributed by atoms with E-state index < -0.39 is 23.8 Å². The number of carbonyl (C=O) groups excluding carboxylic acids is 1. The molecule has 0 saturated heterocycles. The van der Waals surface area contributed by atoms with Crippen LogP contribution in [0, 0.1) is 5.92 Å². The van der Waals surface area contributed by atoms with Crippen LogP contribution in [0.25, 0.3) is 0 Å². The normalized spacial score (nSPS) is 25.1. The second-order valence-corrected chi connectivity index (χ2v) is 7.59. The Labute approximate surface area is 162 Å². The van der Waals surface area contributed by atoms with Gasteiger partial charge in [-0.1, -0.05) is 36.8 Å². The highest BCUT2D eigenvalue weighted by Crippen LogP contribution is 2.31. The summed E-state index contributed by atoms with van der Waals surface area (Å²) < 4.78 is 5.26. The van der Waals surface area contributed by atoms with Crippen molar-refractivity contribution in [3.63, 3.8) is 0 Å². The van der Waals surface area contributed by atoms with Crippen molar-refractivity contribution in [1.29, 1.82) is 0 Å². The number of ether oxygens (including phenoxy) is 1. The molecule has 5 heteroatoms. The van der Waals surface area contributed by atoms with Crippen LogP contribution in [0.1, 0.15) is 60.8 Å². The van der Waals surface area contributed by atoms with E-state index in [1.807, 2.05) is 52.0 Å². The van der Waals surface area contributed by atoms with Gasteiger partial charge in [0.1, 0.15) is 5.76 Å². The summed E-state index contributed by atoms with van der Waals surface area (Å²) in [7, 11) is 0. The standard InChI is InChI=1S/C22H34O5/c1-7-15(3)20(24)16(4)10-8-9-14(2)11-12-18(23)13-19-17(5)21(25)22(6,26)27-19/h7-10,16,18,20,23-24,26H,11-13H2,1-6H3/b10-8+,14-9+,15-7+/t16-,18-,20+,22?/m1/s1. The van der Waals surface area contributed by atoms with Gasteiger partial charge in [-0.05, 0) is 46.1 Å². The van der Waals surface area contributed by atoms with Crippen LogP contribution < -0.4 is 0 Å². The third kappa shape index (κ3) is 6.76. The zero-order valence-corrected chi connectivity index (χ0v) is 17.3. The van der Waals surface area contributed by atoms with Crippen molar-refractivity contribution in [2.24, 2.45) is 5.92 Å². The number of hydrogen-bond donors (Lipinski definition) is 3. The van der Waals surface area contributed by atoms with Crippen LogP contribution >= 0.6 is 0 Å². The summed E-state index contributed by atoms with van der Waals surface area (Å²) in [5, 5.41) is 30.2. The monoisotopic (exact) mass is 378 g/mol. The zero-order valence-electron chi connectivity index (χ0n) is 17.3. The number of rotatable bonds is 9. The summed E-state index contributed by atoms with van der Waals surface area (Å²) in [5.41, 5.74) is 2.43. The van der Waals surface area contributed by atoms with Crippen molar-refractivity contribution in [3.05, 3.63) is 46.8 Å². The molecular formula is C22H34O5. The third-order valence-corrected chi connectivity index (χ3v) is 5.01. The zero-order chi connectivity index (χ0) is 20.8. The molecule has 0 aromatic heterocycles. The van der Waals surface area contributed by atoms with Crippen LogP contribution in [-0.2, 0) is 9.53 Å². The van der Waals surface area contributed by atoms with Gasteiger partial charge in [0.2, 0.25) is 5.78 Å². The van der Waals surface area contributed by atoms with E-state index in [1.54, 1.807) is 6.92 Å². The molecule has 27 heavy (non-hydrogen) atoms. The average molecular weight is 379 g/mol.